The molecule has 0 aliphatic rings. The topological polar surface area (TPSA) is 37.8 Å². The minimum absolute atomic E-state index is 0.0220. The lowest BCUT2D eigenvalue weighted by Crippen LogP contribution is -2.08. The third kappa shape index (κ3) is 5.21. The van der Waals surface area contributed by atoms with Gasteiger partial charge in [0.05, 0.1) is 28.7 Å². The van der Waals surface area contributed by atoms with Crippen LogP contribution in [0.25, 0.3) is 27.9 Å². The van der Waals surface area contributed by atoms with Crippen LogP contribution < -0.4 is 5.32 Å². The molecule has 0 aliphatic heterocycles. The zero-order valence-electron chi connectivity index (χ0n) is 19.9. The number of benzene rings is 2. The van der Waals surface area contributed by atoms with E-state index in [0.29, 0.717) is 22.8 Å². The molecule has 0 saturated heterocycles. The molecule has 0 spiro atoms. The van der Waals surface area contributed by atoms with Crippen LogP contribution in [0.4, 0.5) is 18.9 Å². The maximum absolute atomic E-state index is 13.7. The second-order valence-electron chi connectivity index (χ2n) is 8.58. The lowest BCUT2D eigenvalue weighted by Gasteiger charge is -2.21. The number of halogens is 3. The SMILES string of the molecule is C=C(Nc1cc(-c2ccccc2C(F)(F)F)nc2cnccc12)c1ccccc1C(CC)CCC. The molecule has 4 aromatic rings. The average Bonchev–Trinajstić information content (AvgIpc) is 2.86. The highest BCUT2D eigenvalue weighted by molar-refractivity contribution is 5.97. The molecule has 1 atom stereocenters. The highest BCUT2D eigenvalue weighted by atomic mass is 19.4. The Balaban J connectivity index is 1.81. The van der Waals surface area contributed by atoms with Gasteiger partial charge < -0.3 is 5.32 Å². The van der Waals surface area contributed by atoms with Crippen LogP contribution in [0.15, 0.2) is 79.6 Å². The number of aromatic nitrogens is 2. The first kappa shape index (κ1) is 24.5. The first-order valence-electron chi connectivity index (χ1n) is 11.8. The van der Waals surface area contributed by atoms with Gasteiger partial charge in [0, 0.05) is 28.4 Å². The lowest BCUT2D eigenvalue weighted by molar-refractivity contribution is -0.137. The molecule has 35 heavy (non-hydrogen) atoms. The summed E-state index contributed by atoms with van der Waals surface area (Å²) in [5, 5.41) is 4.14. The molecule has 0 fully saturated rings. The van der Waals surface area contributed by atoms with Gasteiger partial charge in [0.25, 0.3) is 0 Å². The molecule has 180 valence electrons. The fourth-order valence-electron chi connectivity index (χ4n) is 4.56. The summed E-state index contributed by atoms with van der Waals surface area (Å²) in [5.41, 5.74) is 3.57. The van der Waals surface area contributed by atoms with Gasteiger partial charge in [0.2, 0.25) is 0 Å². The third-order valence-corrected chi connectivity index (χ3v) is 6.26. The summed E-state index contributed by atoms with van der Waals surface area (Å²) in [5.74, 6) is 0.405. The Hall–Kier alpha value is -3.67. The van der Waals surface area contributed by atoms with E-state index >= 15 is 0 Å². The van der Waals surface area contributed by atoms with E-state index in [0.717, 1.165) is 36.3 Å². The van der Waals surface area contributed by atoms with E-state index in [9.17, 15) is 13.2 Å². The minimum atomic E-state index is -4.49. The van der Waals surface area contributed by atoms with Crippen LogP contribution in [0.5, 0.6) is 0 Å². The fourth-order valence-corrected chi connectivity index (χ4v) is 4.56. The van der Waals surface area contributed by atoms with Crippen LogP contribution in [0, 0.1) is 0 Å². The molecule has 0 amide bonds. The van der Waals surface area contributed by atoms with Crippen LogP contribution in [0.1, 0.15) is 55.7 Å². The van der Waals surface area contributed by atoms with Crippen molar-refractivity contribution in [3.8, 4) is 11.3 Å². The summed E-state index contributed by atoms with van der Waals surface area (Å²) in [6.45, 7) is 8.65. The Kier molecular flexibility index (Phi) is 7.20. The molecule has 1 N–H and O–H groups in total. The molecule has 3 nitrogen and oxygen atoms in total. The zero-order chi connectivity index (χ0) is 25.0. The van der Waals surface area contributed by atoms with Crippen LogP contribution in [-0.2, 0) is 6.18 Å². The zero-order valence-corrected chi connectivity index (χ0v) is 19.9. The molecule has 4 rings (SSSR count). The molecule has 2 heterocycles. The van der Waals surface area contributed by atoms with E-state index in [-0.39, 0.29) is 11.3 Å². The van der Waals surface area contributed by atoms with E-state index in [1.807, 2.05) is 18.2 Å². The second-order valence-corrected chi connectivity index (χ2v) is 8.58. The highest BCUT2D eigenvalue weighted by Crippen LogP contribution is 2.39. The molecule has 2 aromatic heterocycles. The minimum Gasteiger partial charge on any atom is -0.355 e. The molecule has 6 heteroatoms. The van der Waals surface area contributed by atoms with Crippen molar-refractivity contribution in [3.63, 3.8) is 0 Å². The molecule has 0 aliphatic carbocycles. The van der Waals surface area contributed by atoms with Crippen molar-refractivity contribution in [1.82, 2.24) is 9.97 Å². The monoisotopic (exact) mass is 475 g/mol. The van der Waals surface area contributed by atoms with E-state index in [1.165, 1.54) is 17.7 Å². The number of pyridine rings is 2. The lowest BCUT2D eigenvalue weighted by atomic mass is 9.88. The Morgan fingerprint density at radius 1 is 1.03 bits per heavy atom. The van der Waals surface area contributed by atoms with Gasteiger partial charge in [-0.25, -0.2) is 4.98 Å². The van der Waals surface area contributed by atoms with E-state index < -0.39 is 11.7 Å². The summed E-state index contributed by atoms with van der Waals surface area (Å²) >= 11 is 0. The third-order valence-electron chi connectivity index (χ3n) is 6.26. The number of hydrogen-bond donors (Lipinski definition) is 1. The fraction of sp³-hybridized carbons (Fsp3) is 0.241. The quantitative estimate of drug-likeness (QED) is 0.277. The van der Waals surface area contributed by atoms with Gasteiger partial charge in [-0.1, -0.05) is 69.3 Å². The van der Waals surface area contributed by atoms with Gasteiger partial charge in [0.15, 0.2) is 0 Å². The van der Waals surface area contributed by atoms with Crippen molar-refractivity contribution in [1.29, 1.82) is 0 Å². The van der Waals surface area contributed by atoms with Crippen LogP contribution in [0.2, 0.25) is 0 Å². The van der Waals surface area contributed by atoms with E-state index in [1.54, 1.807) is 30.6 Å². The molecule has 2 aromatic carbocycles. The van der Waals surface area contributed by atoms with Crippen LogP contribution in [-0.4, -0.2) is 9.97 Å². The maximum atomic E-state index is 13.7. The Morgan fingerprint density at radius 3 is 2.51 bits per heavy atom. The summed E-state index contributed by atoms with van der Waals surface area (Å²) in [6.07, 6.45) is 1.88. The van der Waals surface area contributed by atoms with E-state index in [2.05, 4.69) is 41.8 Å². The number of fused-ring (bicyclic) bond motifs is 1. The molecule has 0 saturated carbocycles. The van der Waals surface area contributed by atoms with Crippen molar-refractivity contribution in [2.75, 3.05) is 5.32 Å². The Labute approximate surface area is 203 Å². The second kappa shape index (κ2) is 10.3. The molecule has 0 bridgehead atoms. The van der Waals surface area contributed by atoms with Gasteiger partial charge >= 0.3 is 6.18 Å². The first-order chi connectivity index (χ1) is 16.8. The number of anilines is 1. The van der Waals surface area contributed by atoms with Crippen molar-refractivity contribution in [3.05, 3.63) is 96.3 Å². The largest absolute Gasteiger partial charge is 0.417 e. The standard InChI is InChI=1S/C29H28F3N3/c1-4-10-20(5-2)22-12-7-6-11-21(22)19(3)34-27-17-26(35-28-18-33-16-15-24(27)28)23-13-8-9-14-25(23)29(30,31)32/h6-9,11-18,20H,3-5,10H2,1-2H3,(H,34,35). The predicted octanol–water partition coefficient (Wildman–Crippen LogP) is 8.69. The van der Waals surface area contributed by atoms with Gasteiger partial charge in [-0.05, 0) is 42.5 Å². The van der Waals surface area contributed by atoms with E-state index in [4.69, 9.17) is 0 Å². The van der Waals surface area contributed by atoms with Gasteiger partial charge in [0.1, 0.15) is 0 Å². The van der Waals surface area contributed by atoms with Crippen LogP contribution in [0.3, 0.4) is 0 Å². The summed E-state index contributed by atoms with van der Waals surface area (Å²) < 4.78 is 41.2. The van der Waals surface area contributed by atoms with Gasteiger partial charge in [-0.15, -0.1) is 0 Å². The number of nitrogens with zero attached hydrogens (tertiary/aromatic N) is 2. The van der Waals surface area contributed by atoms with Crippen molar-refractivity contribution < 1.29 is 13.2 Å². The van der Waals surface area contributed by atoms with Gasteiger partial charge in [-0.2, -0.15) is 13.2 Å². The predicted molar refractivity (Wildman–Crippen MR) is 137 cm³/mol. The number of nitrogens with one attached hydrogen (secondary N) is 1. The molecule has 0 radical (unpaired) electrons. The van der Waals surface area contributed by atoms with Crippen LogP contribution >= 0.6 is 0 Å². The summed E-state index contributed by atoms with van der Waals surface area (Å²) in [4.78, 5) is 8.64. The van der Waals surface area contributed by atoms with Crippen molar-refractivity contribution in [2.45, 2.75) is 45.2 Å². The highest BCUT2D eigenvalue weighted by Gasteiger charge is 2.33. The van der Waals surface area contributed by atoms with Gasteiger partial charge in [-0.3, -0.25) is 4.98 Å². The maximum Gasteiger partial charge on any atom is 0.417 e. The van der Waals surface area contributed by atoms with Crippen molar-refractivity contribution >= 4 is 22.3 Å². The average molecular weight is 476 g/mol. The molecular formula is C29H28F3N3. The summed E-state index contributed by atoms with van der Waals surface area (Å²) in [7, 11) is 0. The first-order valence-corrected chi connectivity index (χ1v) is 11.8. The molecule has 1 unspecified atom stereocenters. The number of hydrogen-bond acceptors (Lipinski definition) is 3. The Bertz CT molecular complexity index is 1340. The molecular weight excluding hydrogens is 447 g/mol. The Morgan fingerprint density at radius 2 is 1.77 bits per heavy atom. The summed E-state index contributed by atoms with van der Waals surface area (Å²) in [6, 6.07) is 17.1. The number of alkyl halides is 3. The number of rotatable bonds is 8. The normalized spacial score (nSPS) is 12.5. The van der Waals surface area contributed by atoms with Crippen molar-refractivity contribution in [2.24, 2.45) is 0 Å². The smallest absolute Gasteiger partial charge is 0.355 e.